The van der Waals surface area contributed by atoms with E-state index in [0.29, 0.717) is 6.42 Å². The van der Waals surface area contributed by atoms with E-state index in [2.05, 4.69) is 4.74 Å². The van der Waals surface area contributed by atoms with Gasteiger partial charge in [0, 0.05) is 0 Å². The molecule has 0 fully saturated rings. The minimum atomic E-state index is -0.565. The van der Waals surface area contributed by atoms with Gasteiger partial charge in [-0.1, -0.05) is 6.08 Å². The molecule has 0 aromatic heterocycles. The van der Waals surface area contributed by atoms with Crippen LogP contribution in [0.3, 0.4) is 0 Å². The molecule has 3 heteroatoms. The number of carbonyl (C=O) groups excluding carboxylic acids is 2. The van der Waals surface area contributed by atoms with Gasteiger partial charge < -0.3 is 4.74 Å². The second-order valence-corrected chi connectivity index (χ2v) is 2.12. The molecule has 0 N–H and O–H groups in total. The van der Waals surface area contributed by atoms with Gasteiger partial charge in [-0.3, -0.25) is 9.59 Å². The summed E-state index contributed by atoms with van der Waals surface area (Å²) in [5.41, 5.74) is 0. The van der Waals surface area contributed by atoms with Crippen LogP contribution < -0.4 is 0 Å². The number of methoxy groups -OCH3 is 1. The van der Waals surface area contributed by atoms with Gasteiger partial charge in [0.2, 0.25) is 0 Å². The predicted molar refractivity (Wildman–Crippen MR) is 34.3 cm³/mol. The molecule has 0 aliphatic heterocycles. The number of esters is 1. The molecule has 1 unspecified atom stereocenters. The van der Waals surface area contributed by atoms with Crippen molar-refractivity contribution in [2.45, 2.75) is 6.42 Å². The third-order valence-electron chi connectivity index (χ3n) is 1.48. The number of ether oxygens (including phenoxy) is 1. The molecule has 0 radical (unpaired) electrons. The summed E-state index contributed by atoms with van der Waals surface area (Å²) in [5, 5.41) is 0. The Kier molecular flexibility index (Phi) is 1.85. The van der Waals surface area contributed by atoms with Gasteiger partial charge in [0.1, 0.15) is 5.92 Å². The van der Waals surface area contributed by atoms with Crippen LogP contribution in [0, 0.1) is 5.92 Å². The summed E-state index contributed by atoms with van der Waals surface area (Å²) < 4.78 is 4.40. The van der Waals surface area contributed by atoms with E-state index in [1.807, 2.05) is 0 Å². The molecule has 54 valence electrons. The Hall–Kier alpha value is -1.12. The average molecular weight is 140 g/mol. The summed E-state index contributed by atoms with van der Waals surface area (Å²) in [6.45, 7) is 0. The molecule has 1 atom stereocenters. The van der Waals surface area contributed by atoms with Crippen LogP contribution in [0.1, 0.15) is 6.42 Å². The zero-order chi connectivity index (χ0) is 7.56. The fourth-order valence-corrected chi connectivity index (χ4v) is 0.907. The first-order valence-corrected chi connectivity index (χ1v) is 3.04. The van der Waals surface area contributed by atoms with E-state index in [-0.39, 0.29) is 5.78 Å². The Morgan fingerprint density at radius 1 is 1.80 bits per heavy atom. The van der Waals surface area contributed by atoms with E-state index in [1.54, 1.807) is 6.08 Å². The smallest absolute Gasteiger partial charge is 0.316 e. The number of hydrogen-bond donors (Lipinski definition) is 0. The number of rotatable bonds is 1. The minimum Gasteiger partial charge on any atom is -0.468 e. The fraction of sp³-hybridized carbons (Fsp3) is 0.429. The summed E-state index contributed by atoms with van der Waals surface area (Å²) in [4.78, 5) is 21.5. The molecule has 3 nitrogen and oxygen atoms in total. The van der Waals surface area contributed by atoms with Crippen molar-refractivity contribution in [2.24, 2.45) is 5.92 Å². The van der Waals surface area contributed by atoms with E-state index in [4.69, 9.17) is 0 Å². The van der Waals surface area contributed by atoms with Crippen molar-refractivity contribution in [1.82, 2.24) is 0 Å². The van der Waals surface area contributed by atoms with Crippen molar-refractivity contribution >= 4 is 11.8 Å². The highest BCUT2D eigenvalue weighted by Crippen LogP contribution is 2.14. The summed E-state index contributed by atoms with van der Waals surface area (Å²) in [7, 11) is 1.29. The third-order valence-corrected chi connectivity index (χ3v) is 1.48. The molecule has 0 saturated heterocycles. The van der Waals surface area contributed by atoms with Crippen molar-refractivity contribution in [3.8, 4) is 0 Å². The molecule has 1 aliphatic carbocycles. The van der Waals surface area contributed by atoms with Crippen molar-refractivity contribution < 1.29 is 14.3 Å². The van der Waals surface area contributed by atoms with Crippen LogP contribution in [0.25, 0.3) is 0 Å². The molecule has 0 aromatic rings. The largest absolute Gasteiger partial charge is 0.468 e. The maximum absolute atomic E-state index is 10.8. The molecule has 0 saturated carbocycles. The normalized spacial score (nSPS) is 23.3. The molecular weight excluding hydrogens is 132 g/mol. The number of carbonyl (C=O) groups is 2. The van der Waals surface area contributed by atoms with Gasteiger partial charge in [0.15, 0.2) is 5.78 Å². The van der Waals surface area contributed by atoms with Crippen LogP contribution in [-0.4, -0.2) is 18.9 Å². The second-order valence-electron chi connectivity index (χ2n) is 2.12. The van der Waals surface area contributed by atoms with Crippen molar-refractivity contribution in [3.05, 3.63) is 12.2 Å². The topological polar surface area (TPSA) is 43.4 Å². The third kappa shape index (κ3) is 1.07. The molecule has 0 heterocycles. The molecule has 1 aliphatic rings. The van der Waals surface area contributed by atoms with E-state index in [9.17, 15) is 9.59 Å². The van der Waals surface area contributed by atoms with Crippen molar-refractivity contribution in [3.63, 3.8) is 0 Å². The zero-order valence-electron chi connectivity index (χ0n) is 5.66. The first kappa shape index (κ1) is 6.99. The zero-order valence-corrected chi connectivity index (χ0v) is 5.66. The highest BCUT2D eigenvalue weighted by Gasteiger charge is 2.27. The molecule has 0 aromatic carbocycles. The molecule has 10 heavy (non-hydrogen) atoms. The minimum absolute atomic E-state index is 0.146. The van der Waals surface area contributed by atoms with Crippen LogP contribution >= 0.6 is 0 Å². The molecular formula is C7H8O3. The van der Waals surface area contributed by atoms with Crippen LogP contribution in [-0.2, 0) is 14.3 Å². The van der Waals surface area contributed by atoms with Crippen LogP contribution in [0.5, 0.6) is 0 Å². The maximum Gasteiger partial charge on any atom is 0.316 e. The van der Waals surface area contributed by atoms with E-state index >= 15 is 0 Å². The molecule has 0 spiro atoms. The van der Waals surface area contributed by atoms with Gasteiger partial charge in [-0.15, -0.1) is 0 Å². The summed E-state index contributed by atoms with van der Waals surface area (Å²) >= 11 is 0. The summed E-state index contributed by atoms with van der Waals surface area (Å²) in [6, 6.07) is 0. The van der Waals surface area contributed by atoms with Gasteiger partial charge in [-0.25, -0.2) is 0 Å². The lowest BCUT2D eigenvalue weighted by atomic mass is 10.1. The van der Waals surface area contributed by atoms with Crippen LogP contribution in [0.15, 0.2) is 12.2 Å². The van der Waals surface area contributed by atoms with E-state index < -0.39 is 11.9 Å². The van der Waals surface area contributed by atoms with Crippen LogP contribution in [0.2, 0.25) is 0 Å². The van der Waals surface area contributed by atoms with Gasteiger partial charge in [0.05, 0.1) is 7.11 Å². The van der Waals surface area contributed by atoms with Gasteiger partial charge in [-0.2, -0.15) is 0 Å². The highest BCUT2D eigenvalue weighted by molar-refractivity contribution is 6.06. The lowest BCUT2D eigenvalue weighted by Gasteiger charge is -2.02. The standard InChI is InChI=1S/C7H8O3/c1-10-7(9)5-3-2-4-6(5)8/h2,4-5H,3H2,1H3. The maximum atomic E-state index is 10.8. The SMILES string of the molecule is COC(=O)C1CC=CC1=O. The Morgan fingerprint density at radius 2 is 2.50 bits per heavy atom. The molecule has 0 bridgehead atoms. The average Bonchev–Trinajstić information content (AvgIpc) is 2.34. The summed E-state index contributed by atoms with van der Waals surface area (Å²) in [5.74, 6) is -1.15. The predicted octanol–water partition coefficient (Wildman–Crippen LogP) is 0.305. The van der Waals surface area contributed by atoms with Crippen molar-refractivity contribution in [2.75, 3.05) is 7.11 Å². The Morgan fingerprint density at radius 3 is 2.90 bits per heavy atom. The number of allylic oxidation sites excluding steroid dienone is 2. The van der Waals surface area contributed by atoms with Crippen LogP contribution in [0.4, 0.5) is 0 Å². The highest BCUT2D eigenvalue weighted by atomic mass is 16.5. The van der Waals surface area contributed by atoms with Gasteiger partial charge in [0.25, 0.3) is 0 Å². The Balaban J connectivity index is 2.59. The first-order valence-electron chi connectivity index (χ1n) is 3.04. The quantitative estimate of drug-likeness (QED) is 0.388. The summed E-state index contributed by atoms with van der Waals surface area (Å²) in [6.07, 6.45) is 3.59. The molecule has 0 amide bonds. The Labute approximate surface area is 58.7 Å². The van der Waals surface area contributed by atoms with Crippen molar-refractivity contribution in [1.29, 1.82) is 0 Å². The monoisotopic (exact) mass is 140 g/mol. The van der Waals surface area contributed by atoms with E-state index in [1.165, 1.54) is 13.2 Å². The number of hydrogen-bond acceptors (Lipinski definition) is 3. The lowest BCUT2D eigenvalue weighted by molar-refractivity contribution is -0.147. The van der Waals surface area contributed by atoms with Gasteiger partial charge in [-0.05, 0) is 12.5 Å². The molecule has 1 rings (SSSR count). The first-order chi connectivity index (χ1) is 4.75. The Bertz CT molecular complexity index is 193. The number of ketones is 1. The fourth-order valence-electron chi connectivity index (χ4n) is 0.907. The second kappa shape index (κ2) is 2.64. The van der Waals surface area contributed by atoms with E-state index in [0.717, 1.165) is 0 Å². The van der Waals surface area contributed by atoms with Gasteiger partial charge >= 0.3 is 5.97 Å². The lowest BCUT2D eigenvalue weighted by Crippen LogP contribution is -2.19.